The van der Waals surface area contributed by atoms with Crippen LogP contribution in [0.4, 0.5) is 4.79 Å². The second-order valence-electron chi connectivity index (χ2n) is 7.38. The predicted octanol–water partition coefficient (Wildman–Crippen LogP) is 3.16. The zero-order valence-electron chi connectivity index (χ0n) is 15.6. The average Bonchev–Trinajstić information content (AvgIpc) is 2.67. The molecule has 1 aromatic rings. The molecule has 1 aromatic carbocycles. The van der Waals surface area contributed by atoms with E-state index in [2.05, 4.69) is 23.6 Å². The number of hydrogen-bond acceptors (Lipinski definition) is 4. The van der Waals surface area contributed by atoms with Crippen molar-refractivity contribution in [3.05, 3.63) is 35.9 Å². The molecule has 138 valence electrons. The van der Waals surface area contributed by atoms with Crippen molar-refractivity contribution in [1.29, 1.82) is 0 Å². The summed E-state index contributed by atoms with van der Waals surface area (Å²) >= 11 is 0. The average molecular weight is 345 g/mol. The molecule has 0 aromatic heterocycles. The van der Waals surface area contributed by atoms with Crippen molar-refractivity contribution in [3.8, 4) is 0 Å². The van der Waals surface area contributed by atoms with E-state index in [0.29, 0.717) is 12.6 Å². The van der Waals surface area contributed by atoms with E-state index < -0.39 is 0 Å². The summed E-state index contributed by atoms with van der Waals surface area (Å²) in [6.07, 6.45) is 3.36. The topological polar surface area (TPSA) is 36.0 Å². The van der Waals surface area contributed by atoms with Crippen LogP contribution in [0.3, 0.4) is 0 Å². The largest absolute Gasteiger partial charge is 0.445 e. The molecule has 1 unspecified atom stereocenters. The van der Waals surface area contributed by atoms with E-state index in [1.54, 1.807) is 0 Å². The number of amides is 1. The highest BCUT2D eigenvalue weighted by molar-refractivity contribution is 5.68. The Morgan fingerprint density at radius 1 is 1.08 bits per heavy atom. The van der Waals surface area contributed by atoms with Gasteiger partial charge in [-0.3, -0.25) is 14.7 Å². The number of carbonyl (C=O) groups is 1. The number of benzene rings is 1. The number of piperazine rings is 1. The van der Waals surface area contributed by atoms with Crippen LogP contribution in [-0.4, -0.2) is 65.7 Å². The van der Waals surface area contributed by atoms with E-state index in [1.165, 1.54) is 6.42 Å². The van der Waals surface area contributed by atoms with Crippen LogP contribution in [0.25, 0.3) is 0 Å². The minimum Gasteiger partial charge on any atom is -0.445 e. The molecule has 2 heterocycles. The van der Waals surface area contributed by atoms with Crippen molar-refractivity contribution >= 4 is 6.09 Å². The predicted molar refractivity (Wildman–Crippen MR) is 99.3 cm³/mol. The van der Waals surface area contributed by atoms with Gasteiger partial charge in [-0.1, -0.05) is 30.3 Å². The maximum absolute atomic E-state index is 12.7. The first-order valence-corrected chi connectivity index (χ1v) is 9.60. The van der Waals surface area contributed by atoms with Crippen molar-refractivity contribution in [3.63, 3.8) is 0 Å². The second kappa shape index (κ2) is 8.68. The molecule has 5 heteroatoms. The maximum Gasteiger partial charge on any atom is 0.411 e. The molecule has 1 atom stereocenters. The molecule has 5 nitrogen and oxygen atoms in total. The number of hydrogen-bond donors (Lipinski definition) is 0. The lowest BCUT2D eigenvalue weighted by molar-refractivity contribution is -0.0199. The van der Waals surface area contributed by atoms with Crippen molar-refractivity contribution < 1.29 is 9.53 Å². The van der Waals surface area contributed by atoms with Gasteiger partial charge < -0.3 is 4.74 Å². The third-order valence-corrected chi connectivity index (χ3v) is 5.41. The summed E-state index contributed by atoms with van der Waals surface area (Å²) in [5.74, 6) is 0. The Hall–Kier alpha value is -1.59. The molecule has 1 amide bonds. The SMILES string of the molecule is CC(C)N1CCN(C2CCCCN2C(=O)OCc2ccccc2)CC1. The van der Waals surface area contributed by atoms with Crippen LogP contribution in [0.1, 0.15) is 38.7 Å². The Kier molecular flexibility index (Phi) is 6.32. The second-order valence-corrected chi connectivity index (χ2v) is 7.38. The number of rotatable bonds is 4. The molecular formula is C20H31N3O2. The molecule has 25 heavy (non-hydrogen) atoms. The molecule has 0 bridgehead atoms. The first-order valence-electron chi connectivity index (χ1n) is 9.60. The van der Waals surface area contributed by atoms with E-state index in [-0.39, 0.29) is 12.3 Å². The van der Waals surface area contributed by atoms with Gasteiger partial charge in [0.25, 0.3) is 0 Å². The summed E-state index contributed by atoms with van der Waals surface area (Å²) in [5.41, 5.74) is 1.04. The van der Waals surface area contributed by atoms with Crippen LogP contribution < -0.4 is 0 Å². The maximum atomic E-state index is 12.7. The Morgan fingerprint density at radius 3 is 2.48 bits per heavy atom. The van der Waals surface area contributed by atoms with Crippen molar-refractivity contribution in [1.82, 2.24) is 14.7 Å². The fraction of sp³-hybridized carbons (Fsp3) is 0.650. The van der Waals surface area contributed by atoms with Gasteiger partial charge >= 0.3 is 6.09 Å². The molecule has 0 radical (unpaired) electrons. The van der Waals surface area contributed by atoms with E-state index in [9.17, 15) is 4.79 Å². The normalized spacial score (nSPS) is 23.0. The molecule has 0 spiro atoms. The molecule has 0 aliphatic carbocycles. The first kappa shape index (κ1) is 18.2. The molecule has 3 rings (SSSR count). The Labute approximate surface area is 151 Å². The monoisotopic (exact) mass is 345 g/mol. The van der Waals surface area contributed by atoms with Gasteiger partial charge in [0.2, 0.25) is 0 Å². The van der Waals surface area contributed by atoms with E-state index in [4.69, 9.17) is 4.74 Å². The highest BCUT2D eigenvalue weighted by Gasteiger charge is 2.34. The van der Waals surface area contributed by atoms with Gasteiger partial charge in [0.05, 0.1) is 6.17 Å². The Balaban J connectivity index is 1.56. The van der Waals surface area contributed by atoms with E-state index in [1.807, 2.05) is 35.2 Å². The van der Waals surface area contributed by atoms with E-state index in [0.717, 1.165) is 51.1 Å². The number of carbonyl (C=O) groups excluding carboxylic acids is 1. The minimum atomic E-state index is -0.167. The summed E-state index contributed by atoms with van der Waals surface area (Å²) in [7, 11) is 0. The van der Waals surface area contributed by atoms with Crippen LogP contribution >= 0.6 is 0 Å². The molecular weight excluding hydrogens is 314 g/mol. The molecule has 2 saturated heterocycles. The highest BCUT2D eigenvalue weighted by atomic mass is 16.6. The van der Waals surface area contributed by atoms with Gasteiger partial charge in [-0.05, 0) is 38.7 Å². The molecule has 2 aliphatic rings. The summed E-state index contributed by atoms with van der Waals surface area (Å²) in [4.78, 5) is 19.6. The van der Waals surface area contributed by atoms with Gasteiger partial charge in [-0.15, -0.1) is 0 Å². The van der Waals surface area contributed by atoms with Gasteiger partial charge in [-0.25, -0.2) is 4.79 Å². The summed E-state index contributed by atoms with van der Waals surface area (Å²) in [6, 6.07) is 10.5. The summed E-state index contributed by atoms with van der Waals surface area (Å²) in [6.45, 7) is 9.90. The molecule has 2 aliphatic heterocycles. The first-order chi connectivity index (χ1) is 12.1. The molecule has 2 fully saturated rings. The fourth-order valence-electron chi connectivity index (χ4n) is 3.86. The zero-order valence-corrected chi connectivity index (χ0v) is 15.6. The summed E-state index contributed by atoms with van der Waals surface area (Å²) in [5, 5.41) is 0. The Morgan fingerprint density at radius 2 is 1.80 bits per heavy atom. The Bertz CT molecular complexity index is 541. The molecule has 0 N–H and O–H groups in total. The van der Waals surface area contributed by atoms with Crippen LogP contribution in [0.5, 0.6) is 0 Å². The number of ether oxygens (including phenoxy) is 1. The van der Waals surface area contributed by atoms with Crippen molar-refractivity contribution in [2.45, 2.75) is 51.9 Å². The van der Waals surface area contributed by atoms with Crippen LogP contribution in [0, 0.1) is 0 Å². The number of piperidine rings is 1. The van der Waals surface area contributed by atoms with Crippen molar-refractivity contribution in [2.75, 3.05) is 32.7 Å². The van der Waals surface area contributed by atoms with Gasteiger partial charge in [0.15, 0.2) is 0 Å². The standard InChI is InChI=1S/C20H31N3O2/c1-17(2)21-12-14-22(15-13-21)19-10-6-7-11-23(19)20(24)25-16-18-8-4-3-5-9-18/h3-5,8-9,17,19H,6-7,10-16H2,1-2H3. The quantitative estimate of drug-likeness (QED) is 0.840. The van der Waals surface area contributed by atoms with Gasteiger partial charge in [0, 0.05) is 38.8 Å². The minimum absolute atomic E-state index is 0.167. The fourth-order valence-corrected chi connectivity index (χ4v) is 3.86. The van der Waals surface area contributed by atoms with Crippen LogP contribution in [0.15, 0.2) is 30.3 Å². The van der Waals surface area contributed by atoms with Crippen LogP contribution in [0.2, 0.25) is 0 Å². The smallest absolute Gasteiger partial charge is 0.411 e. The van der Waals surface area contributed by atoms with Crippen molar-refractivity contribution in [2.24, 2.45) is 0 Å². The molecule has 0 saturated carbocycles. The van der Waals surface area contributed by atoms with Crippen LogP contribution in [-0.2, 0) is 11.3 Å². The number of nitrogens with zero attached hydrogens (tertiary/aromatic N) is 3. The van der Waals surface area contributed by atoms with Gasteiger partial charge in [-0.2, -0.15) is 0 Å². The van der Waals surface area contributed by atoms with E-state index >= 15 is 0 Å². The van der Waals surface area contributed by atoms with Gasteiger partial charge in [0.1, 0.15) is 6.61 Å². The lowest BCUT2D eigenvalue weighted by Gasteiger charge is -2.46. The highest BCUT2D eigenvalue weighted by Crippen LogP contribution is 2.23. The zero-order chi connectivity index (χ0) is 17.6. The number of likely N-dealkylation sites (tertiary alicyclic amines) is 1. The lowest BCUT2D eigenvalue weighted by atomic mass is 10.1. The lowest BCUT2D eigenvalue weighted by Crippen LogP contribution is -2.59. The summed E-state index contributed by atoms with van der Waals surface area (Å²) < 4.78 is 5.60. The third-order valence-electron chi connectivity index (χ3n) is 5.41. The third kappa shape index (κ3) is 4.73.